The van der Waals surface area contributed by atoms with Gasteiger partial charge in [-0.2, -0.15) is 0 Å². The number of rotatable bonds is 5. The van der Waals surface area contributed by atoms with Gasteiger partial charge in [0.1, 0.15) is 22.8 Å². The lowest BCUT2D eigenvalue weighted by Gasteiger charge is -2.20. The van der Waals surface area contributed by atoms with E-state index < -0.39 is 12.0 Å². The van der Waals surface area contributed by atoms with Gasteiger partial charge in [0.2, 0.25) is 11.8 Å². The molecule has 1 aliphatic heterocycles. The van der Waals surface area contributed by atoms with Crippen LogP contribution in [0.15, 0.2) is 59.0 Å². The van der Waals surface area contributed by atoms with Crippen LogP contribution in [0.25, 0.3) is 11.6 Å². The second kappa shape index (κ2) is 7.34. The summed E-state index contributed by atoms with van der Waals surface area (Å²) in [6, 6.07) is 8.72. The molecule has 0 saturated carbocycles. The van der Waals surface area contributed by atoms with E-state index in [0.717, 1.165) is 0 Å². The van der Waals surface area contributed by atoms with E-state index in [4.69, 9.17) is 14.0 Å². The molecular formula is C19H15F3N4O4. The van der Waals surface area contributed by atoms with Gasteiger partial charge in [-0.25, -0.2) is 10.5 Å². The van der Waals surface area contributed by atoms with Gasteiger partial charge in [-0.1, -0.05) is 12.1 Å². The third-order valence-electron chi connectivity index (χ3n) is 4.14. The maximum atomic E-state index is 12.3. The Bertz CT molecular complexity index is 1060. The van der Waals surface area contributed by atoms with Gasteiger partial charge in [0, 0.05) is 13.0 Å². The van der Waals surface area contributed by atoms with Crippen molar-refractivity contribution in [1.82, 2.24) is 20.7 Å². The quantitative estimate of drug-likeness (QED) is 0.662. The third-order valence-corrected chi connectivity index (χ3v) is 4.14. The van der Waals surface area contributed by atoms with Crippen LogP contribution >= 0.6 is 0 Å². The van der Waals surface area contributed by atoms with Crippen molar-refractivity contribution in [3.05, 3.63) is 66.0 Å². The number of nitrogens with zero attached hydrogens (tertiary/aromatic N) is 3. The Labute approximate surface area is 168 Å². The van der Waals surface area contributed by atoms with Gasteiger partial charge in [-0.3, -0.25) is 4.84 Å². The lowest BCUT2D eigenvalue weighted by atomic mass is 9.96. The molecule has 1 aromatic carbocycles. The van der Waals surface area contributed by atoms with Crippen molar-refractivity contribution in [2.45, 2.75) is 25.8 Å². The lowest BCUT2D eigenvalue weighted by Crippen LogP contribution is -2.23. The average Bonchev–Trinajstić information content (AvgIpc) is 3.28. The van der Waals surface area contributed by atoms with Crippen molar-refractivity contribution in [2.75, 3.05) is 0 Å². The van der Waals surface area contributed by atoms with Crippen LogP contribution in [0.3, 0.4) is 0 Å². The molecule has 1 aliphatic rings. The molecule has 1 N–H and O–H groups in total. The second-order valence-corrected chi connectivity index (χ2v) is 6.50. The number of nitrogens with one attached hydrogen (secondary N) is 1. The van der Waals surface area contributed by atoms with Crippen LogP contribution < -0.4 is 15.0 Å². The molecule has 11 heteroatoms. The highest BCUT2D eigenvalue weighted by molar-refractivity contribution is 5.47. The van der Waals surface area contributed by atoms with Crippen molar-refractivity contribution in [3.63, 3.8) is 0 Å². The van der Waals surface area contributed by atoms with E-state index in [9.17, 15) is 13.2 Å². The molecule has 0 saturated heterocycles. The molecule has 0 fully saturated rings. The number of alkyl halides is 3. The molecule has 30 heavy (non-hydrogen) atoms. The number of halogens is 3. The van der Waals surface area contributed by atoms with Crippen molar-refractivity contribution in [3.8, 4) is 23.1 Å². The van der Waals surface area contributed by atoms with Crippen LogP contribution in [0.5, 0.6) is 11.5 Å². The van der Waals surface area contributed by atoms with E-state index in [1.165, 1.54) is 30.5 Å². The number of pyridine rings is 1. The molecule has 156 valence electrons. The first-order chi connectivity index (χ1) is 14.2. The van der Waals surface area contributed by atoms with Gasteiger partial charge in [-0.05, 0) is 36.8 Å². The van der Waals surface area contributed by atoms with Gasteiger partial charge in [0.25, 0.3) is 5.89 Å². The van der Waals surface area contributed by atoms with E-state index in [2.05, 4.69) is 25.4 Å². The van der Waals surface area contributed by atoms with Crippen LogP contribution in [0.2, 0.25) is 0 Å². The molecule has 0 amide bonds. The first kappa shape index (κ1) is 19.7. The van der Waals surface area contributed by atoms with Gasteiger partial charge >= 0.3 is 6.36 Å². The average molecular weight is 420 g/mol. The fourth-order valence-electron chi connectivity index (χ4n) is 2.74. The molecule has 1 atom stereocenters. The maximum Gasteiger partial charge on any atom is 0.573 e. The van der Waals surface area contributed by atoms with Crippen LogP contribution in [-0.2, 0) is 10.4 Å². The second-order valence-electron chi connectivity index (χ2n) is 6.50. The number of hydrogen-bond donors (Lipinski definition) is 1. The molecule has 0 aliphatic carbocycles. The maximum absolute atomic E-state index is 12.3. The molecule has 2 aromatic heterocycles. The summed E-state index contributed by atoms with van der Waals surface area (Å²) < 4.78 is 51.8. The normalized spacial score (nSPS) is 18.6. The Morgan fingerprint density at radius 1 is 1.03 bits per heavy atom. The molecule has 0 unspecified atom stereocenters. The predicted octanol–water partition coefficient (Wildman–Crippen LogP) is 4.01. The standard InChI is InChI=1S/C19H15F3N4O4/c1-11-24-25-17(27-11)15-8-7-14(10-23-15)28-16-9-18(2,30-26-16)12-3-5-13(6-4-12)29-19(20,21)22/h3-10,26H,1-2H3/t18-/m1/s1. The highest BCUT2D eigenvalue weighted by Crippen LogP contribution is 2.34. The summed E-state index contributed by atoms with van der Waals surface area (Å²) in [5, 5.41) is 7.64. The van der Waals surface area contributed by atoms with Crippen molar-refractivity contribution < 1.29 is 31.9 Å². The summed E-state index contributed by atoms with van der Waals surface area (Å²) in [5.41, 5.74) is 2.80. The van der Waals surface area contributed by atoms with Crippen molar-refractivity contribution >= 4 is 0 Å². The minimum Gasteiger partial charge on any atom is -0.438 e. The molecule has 0 radical (unpaired) electrons. The minimum absolute atomic E-state index is 0.297. The predicted molar refractivity (Wildman–Crippen MR) is 95.7 cm³/mol. The molecule has 3 aromatic rings. The summed E-state index contributed by atoms with van der Waals surface area (Å²) in [6.07, 6.45) is -1.61. The number of aryl methyl sites for hydroxylation is 1. The number of hydrogen-bond acceptors (Lipinski definition) is 8. The van der Waals surface area contributed by atoms with Crippen LogP contribution in [0.4, 0.5) is 13.2 Å². The molecule has 4 rings (SSSR count). The first-order valence-corrected chi connectivity index (χ1v) is 8.68. The molecule has 0 bridgehead atoms. The molecular weight excluding hydrogens is 405 g/mol. The summed E-state index contributed by atoms with van der Waals surface area (Å²) in [7, 11) is 0. The zero-order valence-electron chi connectivity index (χ0n) is 15.7. The van der Waals surface area contributed by atoms with Gasteiger partial charge in [0.05, 0.1) is 6.20 Å². The fourth-order valence-corrected chi connectivity index (χ4v) is 2.74. The van der Waals surface area contributed by atoms with E-state index in [1.54, 1.807) is 32.1 Å². The van der Waals surface area contributed by atoms with Crippen LogP contribution in [0, 0.1) is 6.92 Å². The monoisotopic (exact) mass is 420 g/mol. The number of benzene rings is 1. The number of hydroxylamine groups is 1. The van der Waals surface area contributed by atoms with Gasteiger partial charge in [0.15, 0.2) is 0 Å². The topological polar surface area (TPSA) is 91.5 Å². The van der Waals surface area contributed by atoms with E-state index in [1.807, 2.05) is 0 Å². The van der Waals surface area contributed by atoms with Crippen LogP contribution in [0.1, 0.15) is 18.4 Å². The molecule has 3 heterocycles. The van der Waals surface area contributed by atoms with E-state index in [-0.39, 0.29) is 5.75 Å². The number of aromatic nitrogens is 3. The van der Waals surface area contributed by atoms with E-state index >= 15 is 0 Å². The first-order valence-electron chi connectivity index (χ1n) is 8.68. The Hall–Kier alpha value is -3.60. The number of ether oxygens (including phenoxy) is 2. The summed E-state index contributed by atoms with van der Waals surface area (Å²) in [5.74, 6) is 1.14. The highest BCUT2D eigenvalue weighted by atomic mass is 19.4. The highest BCUT2D eigenvalue weighted by Gasteiger charge is 2.34. The summed E-state index contributed by atoms with van der Waals surface area (Å²) in [6.45, 7) is 3.41. The van der Waals surface area contributed by atoms with Crippen LogP contribution in [-0.4, -0.2) is 21.5 Å². The largest absolute Gasteiger partial charge is 0.573 e. The Morgan fingerprint density at radius 2 is 1.77 bits per heavy atom. The summed E-state index contributed by atoms with van der Waals surface area (Å²) in [4.78, 5) is 9.78. The Balaban J connectivity index is 1.45. The summed E-state index contributed by atoms with van der Waals surface area (Å²) >= 11 is 0. The van der Waals surface area contributed by atoms with E-state index in [0.29, 0.717) is 34.7 Å². The SMILES string of the molecule is Cc1nnc(-c2ccc(OC3=C[C@](C)(c4ccc(OC(F)(F)F)cc4)ON3)cn2)o1. The smallest absolute Gasteiger partial charge is 0.438 e. The molecule has 0 spiro atoms. The lowest BCUT2D eigenvalue weighted by molar-refractivity contribution is -0.274. The van der Waals surface area contributed by atoms with Crippen molar-refractivity contribution in [2.24, 2.45) is 0 Å². The fraction of sp³-hybridized carbons (Fsp3) is 0.211. The minimum atomic E-state index is -4.75. The van der Waals surface area contributed by atoms with Gasteiger partial charge < -0.3 is 13.9 Å². The zero-order valence-corrected chi connectivity index (χ0v) is 15.7. The zero-order chi connectivity index (χ0) is 21.4. The molecule has 8 nitrogen and oxygen atoms in total. The third kappa shape index (κ3) is 4.35. The van der Waals surface area contributed by atoms with Crippen molar-refractivity contribution in [1.29, 1.82) is 0 Å². The Morgan fingerprint density at radius 3 is 2.37 bits per heavy atom. The van der Waals surface area contributed by atoms with Gasteiger partial charge in [-0.15, -0.1) is 23.4 Å². The Kier molecular flexibility index (Phi) is 4.82.